The van der Waals surface area contributed by atoms with Gasteiger partial charge in [-0.2, -0.15) is 0 Å². The summed E-state index contributed by atoms with van der Waals surface area (Å²) >= 11 is 1.88. The van der Waals surface area contributed by atoms with Gasteiger partial charge < -0.3 is 0 Å². The number of thioether (sulfide) groups is 1. The summed E-state index contributed by atoms with van der Waals surface area (Å²) < 4.78 is 0. The van der Waals surface area contributed by atoms with E-state index in [0.717, 1.165) is 12.2 Å². The normalized spacial score (nSPS) is 33.8. The van der Waals surface area contributed by atoms with Crippen molar-refractivity contribution in [3.63, 3.8) is 0 Å². The maximum absolute atomic E-state index is 10.9. The van der Waals surface area contributed by atoms with E-state index < -0.39 is 0 Å². The van der Waals surface area contributed by atoms with Gasteiger partial charge in [0, 0.05) is 0 Å². The highest BCUT2D eigenvalue weighted by Gasteiger charge is 2.20. The molecule has 0 aliphatic carbocycles. The van der Waals surface area contributed by atoms with Crippen molar-refractivity contribution in [1.82, 2.24) is 5.32 Å². The van der Waals surface area contributed by atoms with E-state index in [4.69, 9.17) is 0 Å². The molecule has 1 aliphatic rings. The van der Waals surface area contributed by atoms with Crippen molar-refractivity contribution in [3.8, 4) is 0 Å². The quantitative estimate of drug-likeness (QED) is 0.619. The first-order chi connectivity index (χ1) is 4.70. The largest absolute Gasteiger partial charge is 0.298 e. The van der Waals surface area contributed by atoms with Gasteiger partial charge in [0.2, 0.25) is 0 Å². The van der Waals surface area contributed by atoms with Crippen molar-refractivity contribution in [2.75, 3.05) is 5.75 Å². The van der Waals surface area contributed by atoms with Gasteiger partial charge in [-0.15, -0.1) is 11.8 Å². The lowest BCUT2D eigenvalue weighted by molar-refractivity contribution is -0.119. The van der Waals surface area contributed by atoms with Crippen LogP contribution < -0.4 is 5.32 Å². The first kappa shape index (κ1) is 8.08. The van der Waals surface area contributed by atoms with Crippen molar-refractivity contribution in [2.24, 2.45) is 0 Å². The van der Waals surface area contributed by atoms with Gasteiger partial charge in [0.05, 0.1) is 11.4 Å². The lowest BCUT2D eigenvalue weighted by Crippen LogP contribution is -2.43. The van der Waals surface area contributed by atoms with Crippen LogP contribution in [0.3, 0.4) is 0 Å². The zero-order chi connectivity index (χ0) is 7.56. The molecule has 10 heavy (non-hydrogen) atoms. The number of carbonyl (C=O) groups excluding carboxylic acids is 1. The SMILES string of the molecule is CC(=O)C1CCS[C@H](C)N1. The van der Waals surface area contributed by atoms with Crippen LogP contribution in [-0.2, 0) is 4.79 Å². The van der Waals surface area contributed by atoms with Gasteiger partial charge in [0.1, 0.15) is 5.78 Å². The summed E-state index contributed by atoms with van der Waals surface area (Å²) in [6.45, 7) is 3.75. The van der Waals surface area contributed by atoms with Gasteiger partial charge in [-0.1, -0.05) is 0 Å². The number of carbonyl (C=O) groups is 1. The van der Waals surface area contributed by atoms with Crippen molar-refractivity contribution >= 4 is 17.5 Å². The van der Waals surface area contributed by atoms with Gasteiger partial charge in [-0.25, -0.2) is 0 Å². The molecule has 1 unspecified atom stereocenters. The highest BCUT2D eigenvalue weighted by Crippen LogP contribution is 2.17. The third-order valence-corrected chi connectivity index (χ3v) is 2.81. The van der Waals surface area contributed by atoms with E-state index in [1.165, 1.54) is 0 Å². The first-order valence-electron chi connectivity index (χ1n) is 3.58. The van der Waals surface area contributed by atoms with Crippen molar-refractivity contribution in [1.29, 1.82) is 0 Å². The summed E-state index contributed by atoms with van der Waals surface area (Å²) in [5, 5.41) is 3.68. The van der Waals surface area contributed by atoms with Gasteiger partial charge in [0.15, 0.2) is 0 Å². The molecule has 0 aromatic heterocycles. The van der Waals surface area contributed by atoms with Crippen molar-refractivity contribution < 1.29 is 4.79 Å². The molecule has 0 saturated carbocycles. The second kappa shape index (κ2) is 3.39. The number of Topliss-reactive ketones (excluding diaryl/α,β-unsaturated/α-hetero) is 1. The Morgan fingerprint density at radius 1 is 1.70 bits per heavy atom. The fourth-order valence-electron chi connectivity index (χ4n) is 1.10. The minimum atomic E-state index is 0.122. The van der Waals surface area contributed by atoms with Crippen molar-refractivity contribution in [2.45, 2.75) is 31.7 Å². The molecule has 1 fully saturated rings. The molecule has 0 aromatic rings. The molecule has 1 heterocycles. The van der Waals surface area contributed by atoms with E-state index in [2.05, 4.69) is 12.2 Å². The van der Waals surface area contributed by atoms with Gasteiger partial charge in [-0.05, 0) is 26.0 Å². The van der Waals surface area contributed by atoms with E-state index in [-0.39, 0.29) is 11.8 Å². The summed E-state index contributed by atoms with van der Waals surface area (Å²) in [5.41, 5.74) is 0. The van der Waals surface area contributed by atoms with Crippen molar-refractivity contribution in [3.05, 3.63) is 0 Å². The molecule has 0 bridgehead atoms. The Bertz CT molecular complexity index is 138. The number of ketones is 1. The highest BCUT2D eigenvalue weighted by molar-refractivity contribution is 7.99. The lowest BCUT2D eigenvalue weighted by atomic mass is 10.1. The zero-order valence-electron chi connectivity index (χ0n) is 6.39. The molecular weight excluding hydrogens is 146 g/mol. The van der Waals surface area contributed by atoms with Crippen LogP contribution in [0.25, 0.3) is 0 Å². The Labute approximate surface area is 65.8 Å². The van der Waals surface area contributed by atoms with E-state index >= 15 is 0 Å². The number of hydrogen-bond acceptors (Lipinski definition) is 3. The van der Waals surface area contributed by atoms with Crippen LogP contribution in [-0.4, -0.2) is 23.0 Å². The molecule has 0 spiro atoms. The van der Waals surface area contributed by atoms with E-state index in [1.54, 1.807) is 6.92 Å². The summed E-state index contributed by atoms with van der Waals surface area (Å²) in [5.74, 6) is 1.38. The van der Waals surface area contributed by atoms with Crippen LogP contribution in [0.15, 0.2) is 0 Å². The average Bonchev–Trinajstić information content (AvgIpc) is 1.88. The highest BCUT2D eigenvalue weighted by atomic mass is 32.2. The molecule has 1 aliphatic heterocycles. The van der Waals surface area contributed by atoms with E-state index in [9.17, 15) is 4.79 Å². The Morgan fingerprint density at radius 3 is 2.80 bits per heavy atom. The number of rotatable bonds is 1. The molecule has 0 amide bonds. The molecule has 1 saturated heterocycles. The second-order valence-electron chi connectivity index (χ2n) is 2.63. The molecule has 0 aromatic carbocycles. The smallest absolute Gasteiger partial charge is 0.146 e. The molecule has 1 N–H and O–H groups in total. The molecular formula is C7H13NOS. The topological polar surface area (TPSA) is 29.1 Å². The molecule has 58 valence electrons. The predicted molar refractivity (Wildman–Crippen MR) is 44.1 cm³/mol. The van der Waals surface area contributed by atoms with Crippen LogP contribution in [0.5, 0.6) is 0 Å². The predicted octanol–water partition coefficient (Wildman–Crippen LogP) is 1.02. The third kappa shape index (κ3) is 1.99. The fourth-order valence-corrected chi connectivity index (χ4v) is 2.08. The minimum absolute atomic E-state index is 0.122. The van der Waals surface area contributed by atoms with Gasteiger partial charge in [-0.3, -0.25) is 10.1 Å². The Morgan fingerprint density at radius 2 is 2.40 bits per heavy atom. The van der Waals surface area contributed by atoms with Gasteiger partial charge >= 0.3 is 0 Å². The molecule has 2 nitrogen and oxygen atoms in total. The first-order valence-corrected chi connectivity index (χ1v) is 4.63. The molecule has 1 rings (SSSR count). The third-order valence-electron chi connectivity index (χ3n) is 1.70. The van der Waals surface area contributed by atoms with Crippen LogP contribution in [0.1, 0.15) is 20.3 Å². The summed E-state index contributed by atoms with van der Waals surface area (Å²) in [4.78, 5) is 10.9. The summed E-state index contributed by atoms with van der Waals surface area (Å²) in [6, 6.07) is 0.122. The van der Waals surface area contributed by atoms with Crippen LogP contribution in [0.2, 0.25) is 0 Å². The molecule has 0 radical (unpaired) electrons. The number of hydrogen-bond donors (Lipinski definition) is 1. The fraction of sp³-hybridized carbons (Fsp3) is 0.857. The Kier molecular flexibility index (Phi) is 2.74. The minimum Gasteiger partial charge on any atom is -0.298 e. The lowest BCUT2D eigenvalue weighted by Gasteiger charge is -2.26. The second-order valence-corrected chi connectivity index (χ2v) is 4.08. The maximum atomic E-state index is 10.9. The van der Waals surface area contributed by atoms with Crippen LogP contribution in [0, 0.1) is 0 Å². The summed E-state index contributed by atoms with van der Waals surface area (Å²) in [7, 11) is 0. The zero-order valence-corrected chi connectivity index (χ0v) is 7.20. The van der Waals surface area contributed by atoms with Crippen LogP contribution in [0.4, 0.5) is 0 Å². The number of nitrogens with one attached hydrogen (secondary N) is 1. The standard InChI is InChI=1S/C7H13NOS/c1-5(9)7-3-4-10-6(2)8-7/h6-8H,3-4H2,1-2H3/t6-,7?/m1/s1. The Balaban J connectivity index is 2.39. The van der Waals surface area contributed by atoms with E-state index in [0.29, 0.717) is 5.37 Å². The molecule has 2 atom stereocenters. The Hall–Kier alpha value is -0.0200. The summed E-state index contributed by atoms with van der Waals surface area (Å²) in [6.07, 6.45) is 0.990. The monoisotopic (exact) mass is 159 g/mol. The van der Waals surface area contributed by atoms with Crippen LogP contribution >= 0.6 is 11.8 Å². The molecule has 3 heteroatoms. The van der Waals surface area contributed by atoms with Gasteiger partial charge in [0.25, 0.3) is 0 Å². The maximum Gasteiger partial charge on any atom is 0.146 e. The van der Waals surface area contributed by atoms with E-state index in [1.807, 2.05) is 11.8 Å². The average molecular weight is 159 g/mol.